The monoisotopic (exact) mass is 315 g/mol. The van der Waals surface area contributed by atoms with Crippen LogP contribution in [0.15, 0.2) is 47.2 Å². The van der Waals surface area contributed by atoms with E-state index in [1.165, 1.54) is 18.5 Å². The summed E-state index contributed by atoms with van der Waals surface area (Å²) in [5.41, 5.74) is 1.58. The lowest BCUT2D eigenvalue weighted by Gasteiger charge is -2.07. The zero-order chi connectivity index (χ0) is 13.7. The van der Waals surface area contributed by atoms with E-state index in [0.29, 0.717) is 12.1 Å². The van der Waals surface area contributed by atoms with Crippen molar-refractivity contribution in [3.63, 3.8) is 0 Å². The van der Waals surface area contributed by atoms with E-state index in [2.05, 4.69) is 26.2 Å². The summed E-state index contributed by atoms with van der Waals surface area (Å²) in [4.78, 5) is 15.9. The standard InChI is InChI=1S/C14H10BrN3O/c15-13-4-2-1-3-11(13)8-18-14(19)12-9-17-6-5-10(12)7-16/h1-6,9H,8H2,(H,18,19). The van der Waals surface area contributed by atoms with Crippen LogP contribution in [0, 0.1) is 11.3 Å². The minimum Gasteiger partial charge on any atom is -0.348 e. The topological polar surface area (TPSA) is 65.8 Å². The average Bonchev–Trinajstić information content (AvgIpc) is 2.46. The Morgan fingerprint density at radius 1 is 1.37 bits per heavy atom. The maximum absolute atomic E-state index is 12.0. The minimum absolute atomic E-state index is 0.289. The van der Waals surface area contributed by atoms with Gasteiger partial charge in [-0.1, -0.05) is 34.1 Å². The first-order valence-electron chi connectivity index (χ1n) is 5.58. The van der Waals surface area contributed by atoms with Gasteiger partial charge in [-0.25, -0.2) is 0 Å². The fourth-order valence-corrected chi connectivity index (χ4v) is 2.01. The van der Waals surface area contributed by atoms with Gasteiger partial charge < -0.3 is 5.32 Å². The number of nitrogens with zero attached hydrogens (tertiary/aromatic N) is 2. The van der Waals surface area contributed by atoms with Crippen molar-refractivity contribution in [3.8, 4) is 6.07 Å². The molecule has 94 valence electrons. The Morgan fingerprint density at radius 2 is 2.16 bits per heavy atom. The van der Waals surface area contributed by atoms with E-state index in [9.17, 15) is 4.79 Å². The van der Waals surface area contributed by atoms with Gasteiger partial charge in [-0.2, -0.15) is 5.26 Å². The predicted molar refractivity (Wildman–Crippen MR) is 74.3 cm³/mol. The maximum atomic E-state index is 12.0. The number of carbonyl (C=O) groups is 1. The molecule has 0 spiro atoms. The van der Waals surface area contributed by atoms with Crippen molar-refractivity contribution in [3.05, 3.63) is 63.9 Å². The summed E-state index contributed by atoms with van der Waals surface area (Å²) in [5.74, 6) is -0.305. The molecule has 0 fully saturated rings. The molecule has 0 aliphatic carbocycles. The number of pyridine rings is 1. The number of hydrogen-bond donors (Lipinski definition) is 1. The number of rotatable bonds is 3. The van der Waals surface area contributed by atoms with Gasteiger partial charge in [0.25, 0.3) is 5.91 Å². The van der Waals surface area contributed by atoms with E-state index in [1.54, 1.807) is 0 Å². The summed E-state index contributed by atoms with van der Waals surface area (Å²) >= 11 is 3.41. The summed E-state index contributed by atoms with van der Waals surface area (Å²) in [6.07, 6.45) is 2.89. The van der Waals surface area contributed by atoms with Gasteiger partial charge in [0.15, 0.2) is 0 Å². The van der Waals surface area contributed by atoms with Gasteiger partial charge in [0.2, 0.25) is 0 Å². The molecule has 5 heteroatoms. The lowest BCUT2D eigenvalue weighted by atomic mass is 10.1. The Labute approximate surface area is 119 Å². The summed E-state index contributed by atoms with van der Waals surface area (Å²) in [6.45, 7) is 0.389. The van der Waals surface area contributed by atoms with Gasteiger partial charge >= 0.3 is 0 Å². The molecule has 2 aromatic rings. The quantitative estimate of drug-likeness (QED) is 0.946. The third-order valence-electron chi connectivity index (χ3n) is 2.58. The lowest BCUT2D eigenvalue weighted by molar-refractivity contribution is 0.0950. The largest absolute Gasteiger partial charge is 0.348 e. The molecule has 1 N–H and O–H groups in total. The molecule has 0 bridgehead atoms. The molecule has 0 saturated heterocycles. The molecular weight excluding hydrogens is 306 g/mol. The molecule has 0 aliphatic rings. The summed E-state index contributed by atoms with van der Waals surface area (Å²) < 4.78 is 0.932. The molecule has 0 unspecified atom stereocenters. The number of nitriles is 1. The van der Waals surface area contributed by atoms with E-state index in [1.807, 2.05) is 30.3 Å². The highest BCUT2D eigenvalue weighted by Gasteiger charge is 2.11. The molecule has 1 aromatic heterocycles. The first-order chi connectivity index (χ1) is 9.22. The Hall–Kier alpha value is -2.19. The summed E-state index contributed by atoms with van der Waals surface area (Å²) in [7, 11) is 0. The normalized spacial score (nSPS) is 9.68. The number of halogens is 1. The highest BCUT2D eigenvalue weighted by Crippen LogP contribution is 2.15. The van der Waals surface area contributed by atoms with Gasteiger partial charge in [-0.3, -0.25) is 9.78 Å². The van der Waals surface area contributed by atoms with Gasteiger partial charge in [-0.15, -0.1) is 0 Å². The minimum atomic E-state index is -0.305. The Kier molecular flexibility index (Phi) is 4.26. The molecule has 1 amide bonds. The van der Waals surface area contributed by atoms with Crippen molar-refractivity contribution in [2.45, 2.75) is 6.54 Å². The van der Waals surface area contributed by atoms with E-state index in [4.69, 9.17) is 5.26 Å². The number of carbonyl (C=O) groups excluding carboxylic acids is 1. The fourth-order valence-electron chi connectivity index (χ4n) is 1.59. The van der Waals surface area contributed by atoms with Gasteiger partial charge in [0.1, 0.15) is 6.07 Å². The molecule has 0 radical (unpaired) electrons. The SMILES string of the molecule is N#Cc1ccncc1C(=O)NCc1ccccc1Br. The van der Waals surface area contributed by atoms with Crippen molar-refractivity contribution >= 4 is 21.8 Å². The molecular formula is C14H10BrN3O. The van der Waals surface area contributed by atoms with Crippen molar-refractivity contribution in [2.24, 2.45) is 0 Å². The number of amides is 1. The van der Waals surface area contributed by atoms with Crippen molar-refractivity contribution in [1.29, 1.82) is 5.26 Å². The van der Waals surface area contributed by atoms with Crippen LogP contribution in [-0.2, 0) is 6.54 Å². The molecule has 19 heavy (non-hydrogen) atoms. The van der Waals surface area contributed by atoms with Crippen LogP contribution in [0.2, 0.25) is 0 Å². The van der Waals surface area contributed by atoms with Crippen molar-refractivity contribution < 1.29 is 4.79 Å². The van der Waals surface area contributed by atoms with Crippen LogP contribution in [0.5, 0.6) is 0 Å². The lowest BCUT2D eigenvalue weighted by Crippen LogP contribution is -2.24. The second-order valence-electron chi connectivity index (χ2n) is 3.81. The molecule has 0 aliphatic heterocycles. The van der Waals surface area contributed by atoms with Crippen LogP contribution in [0.4, 0.5) is 0 Å². The molecule has 4 nitrogen and oxygen atoms in total. The highest BCUT2D eigenvalue weighted by molar-refractivity contribution is 9.10. The molecule has 1 aromatic carbocycles. The van der Waals surface area contributed by atoms with E-state index >= 15 is 0 Å². The zero-order valence-electron chi connectivity index (χ0n) is 9.93. The van der Waals surface area contributed by atoms with Crippen LogP contribution < -0.4 is 5.32 Å². The number of hydrogen-bond acceptors (Lipinski definition) is 3. The summed E-state index contributed by atoms with van der Waals surface area (Å²) in [6, 6.07) is 11.1. The average molecular weight is 316 g/mol. The van der Waals surface area contributed by atoms with Crippen molar-refractivity contribution in [2.75, 3.05) is 0 Å². The molecule has 0 atom stereocenters. The molecule has 0 saturated carbocycles. The van der Waals surface area contributed by atoms with Crippen LogP contribution in [0.3, 0.4) is 0 Å². The second kappa shape index (κ2) is 6.12. The number of aromatic nitrogens is 1. The molecule has 1 heterocycles. The first kappa shape index (κ1) is 13.2. The molecule has 2 rings (SSSR count). The van der Waals surface area contributed by atoms with Crippen LogP contribution in [-0.4, -0.2) is 10.9 Å². The van der Waals surface area contributed by atoms with Crippen LogP contribution in [0.1, 0.15) is 21.5 Å². The van der Waals surface area contributed by atoms with Gasteiger partial charge in [-0.05, 0) is 17.7 Å². The van der Waals surface area contributed by atoms with Gasteiger partial charge in [0.05, 0.1) is 11.1 Å². The smallest absolute Gasteiger partial charge is 0.254 e. The Balaban J connectivity index is 2.11. The highest BCUT2D eigenvalue weighted by atomic mass is 79.9. The zero-order valence-corrected chi connectivity index (χ0v) is 11.5. The first-order valence-corrected chi connectivity index (χ1v) is 6.37. The van der Waals surface area contributed by atoms with E-state index < -0.39 is 0 Å². The number of benzene rings is 1. The predicted octanol–water partition coefficient (Wildman–Crippen LogP) is 2.65. The third kappa shape index (κ3) is 3.18. The van der Waals surface area contributed by atoms with Crippen molar-refractivity contribution in [1.82, 2.24) is 10.3 Å². The number of nitrogens with one attached hydrogen (secondary N) is 1. The summed E-state index contributed by atoms with van der Waals surface area (Å²) in [5, 5.41) is 11.7. The fraction of sp³-hybridized carbons (Fsp3) is 0.0714. The van der Waals surface area contributed by atoms with Gasteiger partial charge in [0, 0.05) is 23.4 Å². The van der Waals surface area contributed by atoms with E-state index in [-0.39, 0.29) is 11.5 Å². The second-order valence-corrected chi connectivity index (χ2v) is 4.66. The Morgan fingerprint density at radius 3 is 2.89 bits per heavy atom. The van der Waals surface area contributed by atoms with E-state index in [0.717, 1.165) is 10.0 Å². The van der Waals surface area contributed by atoms with Crippen LogP contribution >= 0.6 is 15.9 Å². The third-order valence-corrected chi connectivity index (χ3v) is 3.36. The van der Waals surface area contributed by atoms with Crippen LogP contribution in [0.25, 0.3) is 0 Å². The maximum Gasteiger partial charge on any atom is 0.254 e. The Bertz CT molecular complexity index is 649.